The number of rotatable bonds is 8. The molecule has 1 atom stereocenters. The van der Waals surface area contributed by atoms with E-state index in [0.717, 1.165) is 12.0 Å². The van der Waals surface area contributed by atoms with Gasteiger partial charge in [0.25, 0.3) is 11.5 Å². The van der Waals surface area contributed by atoms with Crippen molar-refractivity contribution in [2.75, 3.05) is 5.32 Å². The van der Waals surface area contributed by atoms with E-state index < -0.39 is 5.56 Å². The fourth-order valence-electron chi connectivity index (χ4n) is 3.49. The lowest BCUT2D eigenvalue weighted by Gasteiger charge is -2.16. The molecule has 1 aromatic heterocycles. The number of anilines is 2. The molecule has 0 aliphatic heterocycles. The van der Waals surface area contributed by atoms with Crippen LogP contribution in [0, 0.1) is 6.92 Å². The molecule has 1 unspecified atom stereocenters. The highest BCUT2D eigenvalue weighted by molar-refractivity contribution is 6.30. The van der Waals surface area contributed by atoms with E-state index in [-0.39, 0.29) is 23.4 Å². The number of hydrogen-bond acceptors (Lipinski definition) is 5. The van der Waals surface area contributed by atoms with Gasteiger partial charge in [0.05, 0.1) is 11.9 Å². The summed E-state index contributed by atoms with van der Waals surface area (Å²) in [5.41, 5.74) is 2.37. The van der Waals surface area contributed by atoms with Gasteiger partial charge in [-0.2, -0.15) is 9.78 Å². The maximum Gasteiger partial charge on any atom is 0.299 e. The molecule has 1 amide bonds. The molecule has 0 aliphatic rings. The van der Waals surface area contributed by atoms with E-state index in [1.165, 1.54) is 10.9 Å². The molecule has 0 bridgehead atoms. The van der Waals surface area contributed by atoms with Crippen molar-refractivity contribution in [3.8, 4) is 17.2 Å². The summed E-state index contributed by atoms with van der Waals surface area (Å²) in [7, 11) is 0. The van der Waals surface area contributed by atoms with Crippen molar-refractivity contribution in [3.05, 3.63) is 105 Å². The van der Waals surface area contributed by atoms with Gasteiger partial charge in [0.15, 0.2) is 11.4 Å². The fraction of sp³-hybridized carbons (Fsp3) is 0.179. The van der Waals surface area contributed by atoms with E-state index >= 15 is 0 Å². The summed E-state index contributed by atoms with van der Waals surface area (Å²) in [5, 5.41) is 11.0. The summed E-state index contributed by atoms with van der Waals surface area (Å²) < 4.78 is 7.32. The van der Waals surface area contributed by atoms with E-state index in [1.807, 2.05) is 39.0 Å². The van der Waals surface area contributed by atoms with Crippen LogP contribution < -0.4 is 20.9 Å². The highest BCUT2D eigenvalue weighted by Crippen LogP contribution is 2.29. The second-order valence-corrected chi connectivity index (χ2v) is 8.92. The van der Waals surface area contributed by atoms with Crippen molar-refractivity contribution in [1.82, 2.24) is 15.1 Å². The average Bonchev–Trinajstić information content (AvgIpc) is 2.87. The van der Waals surface area contributed by atoms with E-state index in [1.54, 1.807) is 54.6 Å². The number of hydrogen-bond donors (Lipinski definition) is 2. The minimum Gasteiger partial charge on any atom is -0.453 e. The van der Waals surface area contributed by atoms with Crippen molar-refractivity contribution < 1.29 is 9.53 Å². The van der Waals surface area contributed by atoms with Gasteiger partial charge in [-0.05, 0) is 80.4 Å². The first kappa shape index (κ1) is 25.0. The van der Waals surface area contributed by atoms with Crippen molar-refractivity contribution in [3.63, 3.8) is 0 Å². The molecule has 0 aliphatic carbocycles. The largest absolute Gasteiger partial charge is 0.453 e. The molecular weight excluding hydrogens is 476 g/mol. The quantitative estimate of drug-likeness (QED) is 0.297. The summed E-state index contributed by atoms with van der Waals surface area (Å²) in [5.74, 6) is 0.646. The first-order valence-electron chi connectivity index (χ1n) is 11.6. The van der Waals surface area contributed by atoms with Crippen LogP contribution in [0.4, 0.5) is 11.4 Å². The summed E-state index contributed by atoms with van der Waals surface area (Å²) in [6.07, 6.45) is 2.31. The molecule has 0 radical (unpaired) electrons. The number of aromatic nitrogens is 2. The molecule has 0 fully saturated rings. The molecule has 184 valence electrons. The molecule has 0 saturated heterocycles. The maximum atomic E-state index is 13.6. The van der Waals surface area contributed by atoms with Crippen LogP contribution in [-0.4, -0.2) is 21.7 Å². The standard InChI is InChI=1S/C28H27ClN4O3/c1-4-19(3)31-27(34)20-8-6-9-22(16-20)32-26-25(36-24-10-5-7-18(2)15-24)17-30-33(28(26)35)23-13-11-21(29)12-14-23/h5-17,19,32H,4H2,1-3H3,(H,31,34). The van der Waals surface area contributed by atoms with Gasteiger partial charge in [0.1, 0.15) is 5.75 Å². The van der Waals surface area contributed by atoms with Crippen LogP contribution in [0.3, 0.4) is 0 Å². The van der Waals surface area contributed by atoms with Crippen LogP contribution in [-0.2, 0) is 0 Å². The van der Waals surface area contributed by atoms with Gasteiger partial charge >= 0.3 is 0 Å². The first-order chi connectivity index (χ1) is 17.3. The third-order valence-electron chi connectivity index (χ3n) is 5.62. The predicted molar refractivity (Wildman–Crippen MR) is 143 cm³/mol. The lowest BCUT2D eigenvalue weighted by atomic mass is 10.1. The van der Waals surface area contributed by atoms with Crippen LogP contribution in [0.25, 0.3) is 5.69 Å². The van der Waals surface area contributed by atoms with Crippen molar-refractivity contribution in [2.24, 2.45) is 0 Å². The Morgan fingerprint density at radius 1 is 1.08 bits per heavy atom. The monoisotopic (exact) mass is 502 g/mol. The smallest absolute Gasteiger partial charge is 0.299 e. The molecular formula is C28H27ClN4O3. The topological polar surface area (TPSA) is 85.2 Å². The Bertz CT molecular complexity index is 1430. The minimum absolute atomic E-state index is 0.0511. The van der Waals surface area contributed by atoms with Crippen LogP contribution in [0.2, 0.25) is 5.02 Å². The van der Waals surface area contributed by atoms with Gasteiger partial charge in [-0.15, -0.1) is 0 Å². The van der Waals surface area contributed by atoms with Crippen molar-refractivity contribution in [1.29, 1.82) is 0 Å². The molecule has 36 heavy (non-hydrogen) atoms. The number of carbonyl (C=O) groups excluding carboxylic acids is 1. The Hall–Kier alpha value is -4.10. The number of nitrogens with one attached hydrogen (secondary N) is 2. The normalized spacial score (nSPS) is 11.6. The number of nitrogens with zero attached hydrogens (tertiary/aromatic N) is 2. The minimum atomic E-state index is -0.420. The van der Waals surface area contributed by atoms with E-state index in [2.05, 4.69) is 15.7 Å². The maximum absolute atomic E-state index is 13.6. The number of carbonyl (C=O) groups is 1. The zero-order valence-corrected chi connectivity index (χ0v) is 21.0. The molecule has 3 aromatic carbocycles. The zero-order valence-electron chi connectivity index (χ0n) is 20.3. The van der Waals surface area contributed by atoms with Crippen LogP contribution >= 0.6 is 11.6 Å². The Morgan fingerprint density at radius 3 is 2.56 bits per heavy atom. The van der Waals surface area contributed by atoms with Gasteiger partial charge < -0.3 is 15.4 Å². The molecule has 7 nitrogen and oxygen atoms in total. The summed E-state index contributed by atoms with van der Waals surface area (Å²) >= 11 is 6.01. The molecule has 2 N–H and O–H groups in total. The predicted octanol–water partition coefficient (Wildman–Crippen LogP) is 6.26. The van der Waals surface area contributed by atoms with Gasteiger partial charge in [0, 0.05) is 22.3 Å². The van der Waals surface area contributed by atoms with E-state index in [9.17, 15) is 9.59 Å². The number of ether oxygens (including phenoxy) is 1. The van der Waals surface area contributed by atoms with Gasteiger partial charge in [-0.1, -0.05) is 36.7 Å². The summed E-state index contributed by atoms with van der Waals surface area (Å²) in [4.78, 5) is 26.2. The average molecular weight is 503 g/mol. The highest BCUT2D eigenvalue weighted by Gasteiger charge is 2.17. The molecule has 0 spiro atoms. The van der Waals surface area contributed by atoms with Crippen molar-refractivity contribution in [2.45, 2.75) is 33.2 Å². The molecule has 8 heteroatoms. The van der Waals surface area contributed by atoms with Crippen molar-refractivity contribution >= 4 is 28.9 Å². The summed E-state index contributed by atoms with van der Waals surface area (Å²) in [6.45, 7) is 5.91. The van der Waals surface area contributed by atoms with Crippen LogP contribution in [0.15, 0.2) is 83.8 Å². The molecule has 0 saturated carbocycles. The fourth-order valence-corrected chi connectivity index (χ4v) is 3.62. The molecule has 4 aromatic rings. The Kier molecular flexibility index (Phi) is 7.71. The third kappa shape index (κ3) is 5.93. The van der Waals surface area contributed by atoms with Gasteiger partial charge in [-0.3, -0.25) is 9.59 Å². The number of benzene rings is 3. The third-order valence-corrected chi connectivity index (χ3v) is 5.87. The summed E-state index contributed by atoms with van der Waals surface area (Å²) in [6, 6.07) is 21.3. The van der Waals surface area contributed by atoms with Gasteiger partial charge in [-0.25, -0.2) is 0 Å². The molecule has 4 rings (SSSR count). The highest BCUT2D eigenvalue weighted by atomic mass is 35.5. The van der Waals surface area contributed by atoms with E-state index in [4.69, 9.17) is 16.3 Å². The lowest BCUT2D eigenvalue weighted by molar-refractivity contribution is 0.0939. The number of aryl methyl sites for hydroxylation is 1. The SMILES string of the molecule is CCC(C)NC(=O)c1cccc(Nc2c(Oc3cccc(C)c3)cnn(-c3ccc(Cl)cc3)c2=O)c1. The van der Waals surface area contributed by atoms with Crippen LogP contribution in [0.1, 0.15) is 36.2 Å². The Labute approximate surface area is 214 Å². The van der Waals surface area contributed by atoms with Gasteiger partial charge in [0.2, 0.25) is 0 Å². The lowest BCUT2D eigenvalue weighted by Crippen LogP contribution is -2.31. The molecule has 1 heterocycles. The Balaban J connectivity index is 1.74. The number of amides is 1. The Morgan fingerprint density at radius 2 is 1.83 bits per heavy atom. The number of halogens is 1. The van der Waals surface area contributed by atoms with E-state index in [0.29, 0.717) is 27.7 Å². The second-order valence-electron chi connectivity index (χ2n) is 8.48. The first-order valence-corrected chi connectivity index (χ1v) is 12.0. The van der Waals surface area contributed by atoms with Crippen LogP contribution in [0.5, 0.6) is 11.5 Å². The zero-order chi connectivity index (χ0) is 25.7. The second kappa shape index (κ2) is 11.1.